The molecule has 0 spiro atoms. The first kappa shape index (κ1) is 18.2. The van der Waals surface area contributed by atoms with Crippen LogP contribution in [0.1, 0.15) is 10.4 Å². The summed E-state index contributed by atoms with van der Waals surface area (Å²) in [4.78, 5) is 25.2. The van der Waals surface area contributed by atoms with Crippen LogP contribution in [-0.4, -0.2) is 44.7 Å². The molecule has 0 aliphatic rings. The molecule has 0 aliphatic heterocycles. The van der Waals surface area contributed by atoms with E-state index in [-0.39, 0.29) is 5.56 Å². The van der Waals surface area contributed by atoms with Crippen LogP contribution in [0.5, 0.6) is 23.0 Å². The van der Waals surface area contributed by atoms with E-state index >= 15 is 0 Å². The molecule has 10 heteroatoms. The van der Waals surface area contributed by atoms with Gasteiger partial charge in [-0.1, -0.05) is 0 Å². The topological polar surface area (TPSA) is 113 Å². The largest absolute Gasteiger partial charge is 0.495 e. The zero-order valence-corrected chi connectivity index (χ0v) is 15.6. The van der Waals surface area contributed by atoms with Crippen molar-refractivity contribution in [3.63, 3.8) is 0 Å². The average Bonchev–Trinajstić information content (AvgIpc) is 3.22. The molecule has 4 heterocycles. The minimum absolute atomic E-state index is 0.272. The van der Waals surface area contributed by atoms with Gasteiger partial charge in [0.2, 0.25) is 0 Å². The fourth-order valence-electron chi connectivity index (χ4n) is 2.59. The number of amides is 1. The minimum atomic E-state index is -0.408. The Morgan fingerprint density at radius 3 is 2.55 bits per heavy atom. The second-order valence-electron chi connectivity index (χ2n) is 5.82. The highest BCUT2D eigenvalue weighted by Crippen LogP contribution is 2.26. The number of carbonyl (C=O) groups is 1. The molecule has 0 unspecified atom stereocenters. The molecule has 146 valence electrons. The van der Waals surface area contributed by atoms with Crippen LogP contribution in [0.15, 0.2) is 55.4 Å². The summed E-state index contributed by atoms with van der Waals surface area (Å²) in [6.07, 6.45) is 7.58. The molecule has 0 radical (unpaired) electrons. The highest BCUT2D eigenvalue weighted by atomic mass is 16.5. The van der Waals surface area contributed by atoms with Gasteiger partial charge < -0.3 is 19.5 Å². The predicted octanol–water partition coefficient (Wildman–Crippen LogP) is 2.58. The van der Waals surface area contributed by atoms with Crippen molar-refractivity contribution in [3.8, 4) is 23.0 Å². The van der Waals surface area contributed by atoms with E-state index in [1.807, 2.05) is 0 Å². The molecule has 0 aliphatic carbocycles. The molecule has 0 atom stereocenters. The molecule has 29 heavy (non-hydrogen) atoms. The smallest absolute Gasteiger partial charge is 0.260 e. The molecule has 4 aromatic rings. The van der Waals surface area contributed by atoms with Crippen LogP contribution in [0.25, 0.3) is 5.65 Å². The summed E-state index contributed by atoms with van der Waals surface area (Å²) in [5.74, 6) is 1.93. The number of aromatic nitrogens is 5. The van der Waals surface area contributed by atoms with Gasteiger partial charge in [-0.05, 0) is 18.2 Å². The first-order valence-electron chi connectivity index (χ1n) is 8.48. The molecule has 0 saturated heterocycles. The Hall–Kier alpha value is -4.21. The van der Waals surface area contributed by atoms with E-state index in [0.29, 0.717) is 34.5 Å². The van der Waals surface area contributed by atoms with Crippen LogP contribution in [0.3, 0.4) is 0 Å². The number of nitrogens with zero attached hydrogens (tertiary/aromatic N) is 5. The van der Waals surface area contributed by atoms with Crippen molar-refractivity contribution in [2.24, 2.45) is 0 Å². The van der Waals surface area contributed by atoms with Gasteiger partial charge in [-0.25, -0.2) is 14.5 Å². The van der Waals surface area contributed by atoms with Crippen LogP contribution >= 0.6 is 0 Å². The first-order chi connectivity index (χ1) is 14.2. The van der Waals surface area contributed by atoms with E-state index in [1.54, 1.807) is 43.8 Å². The lowest BCUT2D eigenvalue weighted by Crippen LogP contribution is -2.14. The lowest BCUT2D eigenvalue weighted by Gasteiger charge is -2.10. The van der Waals surface area contributed by atoms with Gasteiger partial charge in [-0.15, -0.1) is 0 Å². The van der Waals surface area contributed by atoms with Gasteiger partial charge in [0.25, 0.3) is 5.91 Å². The number of pyridine rings is 3. The Bertz CT molecular complexity index is 1160. The molecular formula is C19H16N6O4. The van der Waals surface area contributed by atoms with Crippen molar-refractivity contribution < 1.29 is 19.0 Å². The maximum Gasteiger partial charge on any atom is 0.260 e. The maximum atomic E-state index is 12.8. The fourth-order valence-corrected chi connectivity index (χ4v) is 2.59. The third-order valence-electron chi connectivity index (χ3n) is 3.97. The second-order valence-corrected chi connectivity index (χ2v) is 5.82. The third-order valence-corrected chi connectivity index (χ3v) is 3.97. The van der Waals surface area contributed by atoms with Crippen molar-refractivity contribution in [3.05, 3.63) is 60.9 Å². The predicted molar refractivity (Wildman–Crippen MR) is 103 cm³/mol. The molecule has 0 saturated carbocycles. The Morgan fingerprint density at radius 1 is 0.966 bits per heavy atom. The van der Waals surface area contributed by atoms with E-state index in [2.05, 4.69) is 25.4 Å². The molecule has 1 N–H and O–H groups in total. The average molecular weight is 392 g/mol. The number of hydrogen-bond acceptors (Lipinski definition) is 8. The quantitative estimate of drug-likeness (QED) is 0.533. The van der Waals surface area contributed by atoms with E-state index in [9.17, 15) is 4.79 Å². The molecule has 4 aromatic heterocycles. The van der Waals surface area contributed by atoms with Crippen molar-refractivity contribution in [2.75, 3.05) is 19.5 Å². The Labute approximate surface area is 165 Å². The standard InChI is InChI=1S/C19H16N6O4/c1-27-12-3-4-17(21-9-12)24-19(26)16-6-15(10-25-18(16)22-11-23-25)29-14-5-13(28-2)7-20-8-14/h3-11H,1-2H3,(H,21,24,26). The summed E-state index contributed by atoms with van der Waals surface area (Å²) >= 11 is 0. The van der Waals surface area contributed by atoms with Crippen LogP contribution < -0.4 is 19.5 Å². The van der Waals surface area contributed by atoms with E-state index in [4.69, 9.17) is 14.2 Å². The molecular weight excluding hydrogens is 376 g/mol. The van der Waals surface area contributed by atoms with Gasteiger partial charge in [0, 0.05) is 6.07 Å². The summed E-state index contributed by atoms with van der Waals surface area (Å²) in [6.45, 7) is 0. The summed E-state index contributed by atoms with van der Waals surface area (Å²) < 4.78 is 17.5. The lowest BCUT2D eigenvalue weighted by molar-refractivity contribution is 0.102. The van der Waals surface area contributed by atoms with Crippen molar-refractivity contribution in [1.82, 2.24) is 24.6 Å². The fraction of sp³-hybridized carbons (Fsp3) is 0.105. The first-order valence-corrected chi connectivity index (χ1v) is 8.48. The maximum absolute atomic E-state index is 12.8. The molecule has 1 amide bonds. The van der Waals surface area contributed by atoms with Gasteiger partial charge in [-0.3, -0.25) is 9.78 Å². The number of rotatable bonds is 6. The van der Waals surface area contributed by atoms with Crippen molar-refractivity contribution in [1.29, 1.82) is 0 Å². The Kier molecular flexibility index (Phi) is 4.89. The third kappa shape index (κ3) is 3.90. The van der Waals surface area contributed by atoms with Crippen LogP contribution in [0.2, 0.25) is 0 Å². The summed E-state index contributed by atoms with van der Waals surface area (Å²) in [5.41, 5.74) is 0.653. The molecule has 0 bridgehead atoms. The summed E-state index contributed by atoms with van der Waals surface area (Å²) in [5, 5.41) is 6.83. The number of methoxy groups -OCH3 is 2. The second kappa shape index (κ2) is 7.80. The van der Waals surface area contributed by atoms with Crippen LogP contribution in [0.4, 0.5) is 5.82 Å². The van der Waals surface area contributed by atoms with Crippen LogP contribution in [-0.2, 0) is 0 Å². The van der Waals surface area contributed by atoms with Crippen molar-refractivity contribution in [2.45, 2.75) is 0 Å². The zero-order valence-electron chi connectivity index (χ0n) is 15.6. The monoisotopic (exact) mass is 392 g/mol. The van der Waals surface area contributed by atoms with Crippen molar-refractivity contribution >= 4 is 17.4 Å². The zero-order chi connectivity index (χ0) is 20.2. The number of carbonyl (C=O) groups excluding carboxylic acids is 1. The van der Waals surface area contributed by atoms with E-state index < -0.39 is 5.91 Å². The number of fused-ring (bicyclic) bond motifs is 1. The Balaban J connectivity index is 1.64. The Morgan fingerprint density at radius 2 is 1.79 bits per heavy atom. The summed E-state index contributed by atoms with van der Waals surface area (Å²) in [6, 6.07) is 6.59. The molecule has 10 nitrogen and oxygen atoms in total. The number of nitrogens with one attached hydrogen (secondary N) is 1. The highest BCUT2D eigenvalue weighted by Gasteiger charge is 2.16. The van der Waals surface area contributed by atoms with Gasteiger partial charge in [0.05, 0.1) is 44.6 Å². The summed E-state index contributed by atoms with van der Waals surface area (Å²) in [7, 11) is 3.08. The van der Waals surface area contributed by atoms with Gasteiger partial charge in [-0.2, -0.15) is 5.10 Å². The highest BCUT2D eigenvalue weighted by molar-refractivity contribution is 6.08. The van der Waals surface area contributed by atoms with Crippen LogP contribution in [0, 0.1) is 0 Å². The number of anilines is 1. The number of ether oxygens (including phenoxy) is 3. The lowest BCUT2D eigenvalue weighted by atomic mass is 10.2. The van der Waals surface area contributed by atoms with Gasteiger partial charge >= 0.3 is 0 Å². The SMILES string of the molecule is COc1ccc(NC(=O)c2cc(Oc3cncc(OC)c3)cn3ncnc23)nc1. The molecule has 0 aromatic carbocycles. The number of hydrogen-bond donors (Lipinski definition) is 1. The van der Waals surface area contributed by atoms with E-state index in [1.165, 1.54) is 30.3 Å². The van der Waals surface area contributed by atoms with E-state index in [0.717, 1.165) is 0 Å². The minimum Gasteiger partial charge on any atom is -0.495 e. The molecule has 0 fully saturated rings. The molecule has 4 rings (SSSR count). The van der Waals surface area contributed by atoms with Gasteiger partial charge in [0.1, 0.15) is 35.1 Å². The normalized spacial score (nSPS) is 10.6. The van der Waals surface area contributed by atoms with Gasteiger partial charge in [0.15, 0.2) is 5.65 Å².